The summed E-state index contributed by atoms with van der Waals surface area (Å²) in [7, 11) is 0. The Bertz CT molecular complexity index is 957. The fraction of sp³-hybridized carbons (Fsp3) is 0.273. The normalized spacial score (nSPS) is 12.1. The van der Waals surface area contributed by atoms with Crippen molar-refractivity contribution >= 4 is 28.5 Å². The van der Waals surface area contributed by atoms with Crippen LogP contribution in [0.1, 0.15) is 25.0 Å². The minimum absolute atomic E-state index is 0.0688. The smallest absolute Gasteiger partial charge is 0.306 e. The van der Waals surface area contributed by atoms with Gasteiger partial charge in [0.05, 0.1) is 12.3 Å². The average Bonchev–Trinajstić information content (AvgIpc) is 3.01. The second-order valence-corrected chi connectivity index (χ2v) is 6.82. The Morgan fingerprint density at radius 1 is 1.11 bits per heavy atom. The van der Waals surface area contributed by atoms with Crippen LogP contribution in [0.5, 0.6) is 0 Å². The molecule has 0 saturated carbocycles. The summed E-state index contributed by atoms with van der Waals surface area (Å²) in [4.78, 5) is 23.4. The average molecular weight is 364 g/mol. The third-order valence-corrected chi connectivity index (χ3v) is 4.76. The number of carboxylic acid groups (broad SMARTS) is 1. The van der Waals surface area contributed by atoms with Gasteiger partial charge >= 0.3 is 5.97 Å². The molecule has 0 aliphatic rings. The summed E-state index contributed by atoms with van der Waals surface area (Å²) in [6.07, 6.45) is 2.83. The molecule has 1 atom stereocenters. The van der Waals surface area contributed by atoms with Gasteiger partial charge in [0.1, 0.15) is 0 Å². The van der Waals surface area contributed by atoms with Crippen molar-refractivity contribution < 1.29 is 14.7 Å². The summed E-state index contributed by atoms with van der Waals surface area (Å²) in [6, 6.07) is 15.5. The SMILES string of the molecule is CCn1cc(CC(=O)Nc2ccc(CC(C)C(=O)O)cc2)c2ccccc21. The zero-order valence-electron chi connectivity index (χ0n) is 15.6. The number of para-hydroxylation sites is 1. The van der Waals surface area contributed by atoms with Gasteiger partial charge in [0, 0.05) is 29.3 Å². The zero-order valence-corrected chi connectivity index (χ0v) is 15.6. The fourth-order valence-corrected chi connectivity index (χ4v) is 3.27. The van der Waals surface area contributed by atoms with Gasteiger partial charge in [-0.05, 0) is 42.7 Å². The van der Waals surface area contributed by atoms with Gasteiger partial charge in [0.15, 0.2) is 0 Å². The predicted molar refractivity (Wildman–Crippen MR) is 107 cm³/mol. The number of aromatic nitrogens is 1. The first kappa shape index (κ1) is 18.7. The van der Waals surface area contributed by atoms with Gasteiger partial charge in [-0.2, -0.15) is 0 Å². The van der Waals surface area contributed by atoms with E-state index < -0.39 is 11.9 Å². The van der Waals surface area contributed by atoms with E-state index in [1.54, 1.807) is 6.92 Å². The van der Waals surface area contributed by atoms with Gasteiger partial charge in [-0.3, -0.25) is 9.59 Å². The fourth-order valence-electron chi connectivity index (χ4n) is 3.27. The van der Waals surface area contributed by atoms with Crippen LogP contribution >= 0.6 is 0 Å². The maximum absolute atomic E-state index is 12.5. The van der Waals surface area contributed by atoms with Gasteiger partial charge in [-0.25, -0.2) is 0 Å². The first-order chi connectivity index (χ1) is 13.0. The Labute approximate surface area is 158 Å². The highest BCUT2D eigenvalue weighted by Gasteiger charge is 2.13. The molecule has 2 N–H and O–H groups in total. The van der Waals surface area contributed by atoms with Crippen molar-refractivity contribution in [1.82, 2.24) is 4.57 Å². The van der Waals surface area contributed by atoms with Crippen LogP contribution in [0.3, 0.4) is 0 Å². The molecule has 5 heteroatoms. The van der Waals surface area contributed by atoms with Crippen LogP contribution < -0.4 is 5.32 Å². The number of rotatable bonds is 7. The Morgan fingerprint density at radius 3 is 2.48 bits per heavy atom. The molecular weight excluding hydrogens is 340 g/mol. The molecule has 0 aliphatic heterocycles. The minimum atomic E-state index is -0.807. The number of carboxylic acids is 1. The van der Waals surface area contributed by atoms with Gasteiger partial charge in [-0.1, -0.05) is 37.3 Å². The van der Waals surface area contributed by atoms with Gasteiger partial charge in [0.2, 0.25) is 5.91 Å². The van der Waals surface area contributed by atoms with Crippen LogP contribution in [-0.2, 0) is 29.0 Å². The lowest BCUT2D eigenvalue weighted by atomic mass is 10.0. The number of fused-ring (bicyclic) bond motifs is 1. The molecule has 1 amide bonds. The Balaban J connectivity index is 1.67. The lowest BCUT2D eigenvalue weighted by Crippen LogP contribution is -2.14. The van der Waals surface area contributed by atoms with E-state index in [1.807, 2.05) is 48.7 Å². The number of aliphatic carboxylic acids is 1. The third kappa shape index (κ3) is 4.37. The number of nitrogens with zero attached hydrogens (tertiary/aromatic N) is 1. The zero-order chi connectivity index (χ0) is 19.4. The molecule has 140 valence electrons. The van der Waals surface area contributed by atoms with E-state index in [2.05, 4.69) is 22.9 Å². The van der Waals surface area contributed by atoms with Crippen molar-refractivity contribution in [2.75, 3.05) is 5.32 Å². The van der Waals surface area contributed by atoms with E-state index in [9.17, 15) is 9.59 Å². The monoisotopic (exact) mass is 364 g/mol. The molecule has 0 fully saturated rings. The largest absolute Gasteiger partial charge is 0.481 e. The van der Waals surface area contributed by atoms with Crippen molar-refractivity contribution in [3.63, 3.8) is 0 Å². The Hall–Kier alpha value is -3.08. The van der Waals surface area contributed by atoms with E-state index >= 15 is 0 Å². The first-order valence-corrected chi connectivity index (χ1v) is 9.16. The van der Waals surface area contributed by atoms with E-state index in [-0.39, 0.29) is 5.91 Å². The number of hydrogen-bond donors (Lipinski definition) is 2. The molecule has 27 heavy (non-hydrogen) atoms. The number of carbonyl (C=O) groups excluding carboxylic acids is 1. The molecule has 3 aromatic rings. The standard InChI is InChI=1S/C22H24N2O3/c1-3-24-14-17(19-6-4-5-7-20(19)24)13-21(25)23-18-10-8-16(9-11-18)12-15(2)22(26)27/h4-11,14-15H,3,12-13H2,1-2H3,(H,23,25)(H,26,27). The molecule has 0 aliphatic carbocycles. The molecular formula is C22H24N2O3. The molecule has 0 radical (unpaired) electrons. The van der Waals surface area contributed by atoms with Crippen molar-refractivity contribution in [2.24, 2.45) is 5.92 Å². The molecule has 0 bridgehead atoms. The van der Waals surface area contributed by atoms with Crippen molar-refractivity contribution in [3.05, 3.63) is 65.9 Å². The van der Waals surface area contributed by atoms with Crippen LogP contribution in [0, 0.1) is 5.92 Å². The number of hydrogen-bond acceptors (Lipinski definition) is 2. The second-order valence-electron chi connectivity index (χ2n) is 6.82. The van der Waals surface area contributed by atoms with E-state index in [4.69, 9.17) is 5.11 Å². The van der Waals surface area contributed by atoms with Crippen LogP contribution in [0.25, 0.3) is 10.9 Å². The van der Waals surface area contributed by atoms with Crippen LogP contribution in [0.4, 0.5) is 5.69 Å². The lowest BCUT2D eigenvalue weighted by molar-refractivity contribution is -0.141. The summed E-state index contributed by atoms with van der Waals surface area (Å²) in [5.41, 5.74) is 3.80. The number of anilines is 1. The summed E-state index contributed by atoms with van der Waals surface area (Å²) in [5.74, 6) is -1.30. The maximum Gasteiger partial charge on any atom is 0.306 e. The van der Waals surface area contributed by atoms with Crippen molar-refractivity contribution in [2.45, 2.75) is 33.2 Å². The van der Waals surface area contributed by atoms with Crippen molar-refractivity contribution in [3.8, 4) is 0 Å². The molecule has 2 aromatic carbocycles. The van der Waals surface area contributed by atoms with Gasteiger partial charge in [0.25, 0.3) is 0 Å². The van der Waals surface area contributed by atoms with Crippen LogP contribution in [-0.4, -0.2) is 21.6 Å². The highest BCUT2D eigenvalue weighted by atomic mass is 16.4. The maximum atomic E-state index is 12.5. The first-order valence-electron chi connectivity index (χ1n) is 9.16. The molecule has 1 aromatic heterocycles. The number of nitrogens with one attached hydrogen (secondary N) is 1. The highest BCUT2D eigenvalue weighted by Crippen LogP contribution is 2.22. The van der Waals surface area contributed by atoms with Crippen molar-refractivity contribution in [1.29, 1.82) is 0 Å². The minimum Gasteiger partial charge on any atom is -0.481 e. The number of benzene rings is 2. The highest BCUT2D eigenvalue weighted by molar-refractivity contribution is 5.96. The third-order valence-electron chi connectivity index (χ3n) is 4.76. The van der Waals surface area contributed by atoms with Crippen LogP contribution in [0.2, 0.25) is 0 Å². The summed E-state index contributed by atoms with van der Waals surface area (Å²) < 4.78 is 2.15. The second kappa shape index (κ2) is 8.08. The number of amides is 1. The van der Waals surface area contributed by atoms with Gasteiger partial charge < -0.3 is 15.0 Å². The summed E-state index contributed by atoms with van der Waals surface area (Å²) >= 11 is 0. The van der Waals surface area contributed by atoms with Crippen LogP contribution in [0.15, 0.2) is 54.7 Å². The quantitative estimate of drug-likeness (QED) is 0.663. The number of aryl methyl sites for hydroxylation is 1. The van der Waals surface area contributed by atoms with E-state index in [0.29, 0.717) is 18.5 Å². The summed E-state index contributed by atoms with van der Waals surface area (Å²) in [6.45, 7) is 4.63. The molecule has 1 unspecified atom stereocenters. The molecule has 5 nitrogen and oxygen atoms in total. The lowest BCUT2D eigenvalue weighted by Gasteiger charge is -2.08. The topological polar surface area (TPSA) is 71.3 Å². The molecule has 3 rings (SSSR count). The predicted octanol–water partition coefficient (Wildman–Crippen LogP) is 4.11. The molecule has 1 heterocycles. The summed E-state index contributed by atoms with van der Waals surface area (Å²) in [5, 5.41) is 13.0. The molecule has 0 spiro atoms. The Morgan fingerprint density at radius 2 is 1.81 bits per heavy atom. The van der Waals surface area contributed by atoms with E-state index in [1.165, 1.54) is 0 Å². The number of carbonyl (C=O) groups is 2. The molecule has 0 saturated heterocycles. The van der Waals surface area contributed by atoms with Gasteiger partial charge in [-0.15, -0.1) is 0 Å². The Kier molecular flexibility index (Phi) is 5.60. The van der Waals surface area contributed by atoms with E-state index in [0.717, 1.165) is 28.6 Å².